The van der Waals surface area contributed by atoms with Gasteiger partial charge < -0.3 is 26.2 Å². The van der Waals surface area contributed by atoms with Crippen LogP contribution in [0.15, 0.2) is 103 Å². The zero-order valence-electron chi connectivity index (χ0n) is 26.7. The van der Waals surface area contributed by atoms with Gasteiger partial charge in [0.2, 0.25) is 0 Å². The van der Waals surface area contributed by atoms with Crippen molar-refractivity contribution in [2.24, 2.45) is 0 Å². The monoisotopic (exact) mass is 608 g/mol. The number of aliphatic hydroxyl groups excluding tert-OH is 1. The summed E-state index contributed by atoms with van der Waals surface area (Å²) in [5.41, 5.74) is 5.28. The largest absolute Gasteiger partial charge is 0.508 e. The van der Waals surface area contributed by atoms with E-state index in [0.29, 0.717) is 30.8 Å². The van der Waals surface area contributed by atoms with E-state index < -0.39 is 12.1 Å². The first-order chi connectivity index (χ1) is 21.9. The van der Waals surface area contributed by atoms with E-state index in [0.717, 1.165) is 54.0 Å². The zero-order chi connectivity index (χ0) is 32.0. The van der Waals surface area contributed by atoms with Crippen molar-refractivity contribution in [1.82, 2.24) is 15.5 Å². The third-order valence-corrected chi connectivity index (χ3v) is 8.00. The first kappa shape index (κ1) is 33.7. The van der Waals surface area contributed by atoms with Crippen molar-refractivity contribution >= 4 is 17.3 Å². The number of aromatic hydroxyl groups is 1. The van der Waals surface area contributed by atoms with Gasteiger partial charge in [-0.1, -0.05) is 74.5 Å². The number of carbonyl (C=O) groups excluding carboxylic acids is 1. The fourth-order valence-corrected chi connectivity index (χ4v) is 5.51. The van der Waals surface area contributed by atoms with Crippen molar-refractivity contribution in [3.8, 4) is 5.75 Å². The minimum absolute atomic E-state index is 0.0604. The highest BCUT2D eigenvalue weighted by atomic mass is 16.3. The minimum Gasteiger partial charge on any atom is -0.508 e. The van der Waals surface area contributed by atoms with Crippen molar-refractivity contribution in [3.63, 3.8) is 0 Å². The molecule has 0 saturated heterocycles. The summed E-state index contributed by atoms with van der Waals surface area (Å²) in [6.45, 7) is 9.40. The molecule has 0 spiro atoms. The molecule has 0 fully saturated rings. The molecule has 0 saturated carbocycles. The van der Waals surface area contributed by atoms with E-state index in [2.05, 4.69) is 53.8 Å². The Balaban J connectivity index is 1.40. The van der Waals surface area contributed by atoms with Crippen LogP contribution in [0.5, 0.6) is 5.75 Å². The van der Waals surface area contributed by atoms with Crippen LogP contribution in [-0.4, -0.2) is 52.8 Å². The van der Waals surface area contributed by atoms with E-state index in [4.69, 9.17) is 0 Å². The number of amides is 1. The van der Waals surface area contributed by atoms with Crippen LogP contribution in [0.4, 0.5) is 11.4 Å². The van der Waals surface area contributed by atoms with Gasteiger partial charge in [0.1, 0.15) is 5.75 Å². The number of hydrogen-bond acceptors (Lipinski definition) is 6. The zero-order valence-corrected chi connectivity index (χ0v) is 26.7. The van der Waals surface area contributed by atoms with Crippen molar-refractivity contribution in [3.05, 3.63) is 125 Å². The lowest BCUT2D eigenvalue weighted by Gasteiger charge is -2.26. The van der Waals surface area contributed by atoms with Crippen LogP contribution in [0.25, 0.3) is 0 Å². The molecule has 0 aliphatic rings. The lowest BCUT2D eigenvalue weighted by Crippen LogP contribution is -2.49. The maximum absolute atomic E-state index is 13.4. The molecule has 3 atom stereocenters. The number of nitrogens with one attached hydrogen (secondary N) is 3. The molecule has 0 aliphatic heterocycles. The number of phenolic OH excluding ortho intramolecular Hbond substituents is 1. The molecule has 7 nitrogen and oxygen atoms in total. The fraction of sp³-hybridized carbons (Fsp3) is 0.342. The van der Waals surface area contributed by atoms with Crippen molar-refractivity contribution in [1.29, 1.82) is 0 Å². The van der Waals surface area contributed by atoms with Gasteiger partial charge in [0.15, 0.2) is 0 Å². The quantitative estimate of drug-likeness (QED) is 0.0846. The molecule has 0 heterocycles. The van der Waals surface area contributed by atoms with E-state index in [1.165, 1.54) is 0 Å². The molecule has 238 valence electrons. The van der Waals surface area contributed by atoms with Crippen LogP contribution < -0.4 is 16.0 Å². The van der Waals surface area contributed by atoms with Crippen LogP contribution >= 0.6 is 0 Å². The van der Waals surface area contributed by atoms with E-state index in [9.17, 15) is 15.0 Å². The highest BCUT2D eigenvalue weighted by molar-refractivity contribution is 5.94. The number of carbonyl (C=O) groups is 1. The Morgan fingerprint density at radius 2 is 1.44 bits per heavy atom. The number of phenols is 1. The first-order valence-electron chi connectivity index (χ1n) is 16.1. The van der Waals surface area contributed by atoms with Crippen LogP contribution in [0.1, 0.15) is 66.7 Å². The summed E-state index contributed by atoms with van der Waals surface area (Å²) in [5.74, 6) is 0.0539. The number of aliphatic hydroxyl groups is 1. The van der Waals surface area contributed by atoms with Crippen molar-refractivity contribution in [2.75, 3.05) is 25.0 Å². The Bertz CT molecular complexity index is 1440. The predicted molar refractivity (Wildman–Crippen MR) is 184 cm³/mol. The summed E-state index contributed by atoms with van der Waals surface area (Å²) in [5, 5.41) is 31.6. The Hall–Kier alpha value is -4.17. The van der Waals surface area contributed by atoms with E-state index in [-0.39, 0.29) is 11.9 Å². The number of nitrogens with zero attached hydrogens (tertiary/aromatic N) is 1. The molecule has 4 aromatic carbocycles. The van der Waals surface area contributed by atoms with Gasteiger partial charge in [0.25, 0.3) is 5.91 Å². The summed E-state index contributed by atoms with van der Waals surface area (Å²) >= 11 is 0. The molecule has 0 bridgehead atoms. The smallest absolute Gasteiger partial charge is 0.251 e. The van der Waals surface area contributed by atoms with Gasteiger partial charge in [-0.3, -0.25) is 9.69 Å². The number of anilines is 2. The van der Waals surface area contributed by atoms with Crippen LogP contribution in [0.2, 0.25) is 0 Å². The van der Waals surface area contributed by atoms with Crippen LogP contribution in [-0.2, 0) is 13.0 Å². The SMILES string of the molecule is CCCN(CCC)Cc1cc(Nc2ccc(C(=O)N[C@@H](Cc3ccccc3)[C@H](O)CN[C@H](C)c3ccccc3)cc2)ccc1O. The lowest BCUT2D eigenvalue weighted by molar-refractivity contribution is 0.0826. The summed E-state index contributed by atoms with van der Waals surface area (Å²) in [4.78, 5) is 15.7. The molecular weight excluding hydrogens is 560 g/mol. The molecule has 0 unspecified atom stereocenters. The van der Waals surface area contributed by atoms with Gasteiger partial charge in [0.05, 0.1) is 12.1 Å². The van der Waals surface area contributed by atoms with Crippen molar-refractivity contribution in [2.45, 2.75) is 64.8 Å². The molecule has 7 heteroatoms. The Kier molecular flexibility index (Phi) is 13.0. The van der Waals surface area contributed by atoms with Gasteiger partial charge in [-0.15, -0.1) is 0 Å². The summed E-state index contributed by atoms with van der Waals surface area (Å²) in [6.07, 6.45) is 1.84. The maximum Gasteiger partial charge on any atom is 0.251 e. The second-order valence-corrected chi connectivity index (χ2v) is 11.7. The Labute approximate surface area is 268 Å². The highest BCUT2D eigenvalue weighted by Gasteiger charge is 2.23. The van der Waals surface area contributed by atoms with Crippen LogP contribution in [0.3, 0.4) is 0 Å². The Morgan fingerprint density at radius 3 is 2.09 bits per heavy atom. The molecule has 45 heavy (non-hydrogen) atoms. The van der Waals surface area contributed by atoms with Crippen LogP contribution in [0, 0.1) is 0 Å². The second kappa shape index (κ2) is 17.4. The Morgan fingerprint density at radius 1 is 0.822 bits per heavy atom. The third-order valence-electron chi connectivity index (χ3n) is 8.00. The fourth-order valence-electron chi connectivity index (χ4n) is 5.51. The molecule has 0 aliphatic carbocycles. The lowest BCUT2D eigenvalue weighted by atomic mass is 10.00. The van der Waals surface area contributed by atoms with Gasteiger partial charge in [-0.05, 0) is 92.9 Å². The van der Waals surface area contributed by atoms with E-state index >= 15 is 0 Å². The molecule has 1 amide bonds. The second-order valence-electron chi connectivity index (χ2n) is 11.7. The van der Waals surface area contributed by atoms with E-state index in [1.54, 1.807) is 18.2 Å². The van der Waals surface area contributed by atoms with Crippen molar-refractivity contribution < 1.29 is 15.0 Å². The molecule has 0 radical (unpaired) electrons. The minimum atomic E-state index is -0.796. The average molecular weight is 609 g/mol. The average Bonchev–Trinajstić information content (AvgIpc) is 3.06. The van der Waals surface area contributed by atoms with Gasteiger partial charge in [-0.2, -0.15) is 0 Å². The summed E-state index contributed by atoms with van der Waals surface area (Å²) in [7, 11) is 0. The molecular formula is C38H48N4O3. The van der Waals surface area contributed by atoms with Gasteiger partial charge >= 0.3 is 0 Å². The van der Waals surface area contributed by atoms with Gasteiger partial charge in [0, 0.05) is 41.6 Å². The standard InChI is InChI=1S/C38H48N4O3/c1-4-22-42(23-5-2)27-32-25-34(20-21-36(32)43)40-33-18-16-31(17-19-33)38(45)41-35(24-29-12-8-6-9-13-29)37(44)26-39-28(3)30-14-10-7-11-15-30/h6-21,25,28,35,37,39-40,43-44H,4-5,22-24,26-27H2,1-3H3,(H,41,45)/t28-,35+,37-/m1/s1. The highest BCUT2D eigenvalue weighted by Crippen LogP contribution is 2.26. The maximum atomic E-state index is 13.4. The topological polar surface area (TPSA) is 96.9 Å². The predicted octanol–water partition coefficient (Wildman–Crippen LogP) is 6.81. The van der Waals surface area contributed by atoms with Gasteiger partial charge in [-0.25, -0.2) is 0 Å². The molecule has 5 N–H and O–H groups in total. The first-order valence-corrected chi connectivity index (χ1v) is 16.1. The molecule has 0 aromatic heterocycles. The number of hydrogen-bond donors (Lipinski definition) is 5. The molecule has 4 rings (SSSR count). The normalized spacial score (nSPS) is 13.3. The number of rotatable bonds is 17. The molecule has 4 aromatic rings. The van der Waals surface area contributed by atoms with E-state index in [1.807, 2.05) is 72.8 Å². The third kappa shape index (κ3) is 10.5. The summed E-state index contributed by atoms with van der Waals surface area (Å²) in [6, 6.07) is 32.4. The number of benzene rings is 4. The summed E-state index contributed by atoms with van der Waals surface area (Å²) < 4.78 is 0.